The van der Waals surface area contributed by atoms with Gasteiger partial charge in [0.15, 0.2) is 0 Å². The standard InChI is InChI=1S/C15H15N/c1-2-6-12(7-3-1)13-8-4-10-15-14(13)9-5-11-16-15/h1-3,5-7,9,11,13H,4,8,10H2. The fourth-order valence-electron chi connectivity index (χ4n) is 2.64. The lowest BCUT2D eigenvalue weighted by atomic mass is 9.81. The Morgan fingerprint density at radius 1 is 1.00 bits per heavy atom. The largest absolute Gasteiger partial charge is 0.261 e. The monoisotopic (exact) mass is 209 g/mol. The molecule has 0 N–H and O–H groups in total. The zero-order valence-electron chi connectivity index (χ0n) is 9.26. The third kappa shape index (κ3) is 1.63. The van der Waals surface area contributed by atoms with Crippen molar-refractivity contribution in [2.24, 2.45) is 0 Å². The highest BCUT2D eigenvalue weighted by atomic mass is 14.7. The molecule has 1 aromatic carbocycles. The van der Waals surface area contributed by atoms with E-state index in [1.165, 1.54) is 29.7 Å². The zero-order valence-corrected chi connectivity index (χ0v) is 9.26. The third-order valence-electron chi connectivity index (χ3n) is 3.41. The second-order valence-electron chi connectivity index (χ2n) is 4.39. The van der Waals surface area contributed by atoms with E-state index >= 15 is 0 Å². The average molecular weight is 209 g/mol. The minimum absolute atomic E-state index is 0.554. The number of aryl methyl sites for hydroxylation is 1. The van der Waals surface area contributed by atoms with Gasteiger partial charge in [-0.2, -0.15) is 0 Å². The fraction of sp³-hybridized carbons (Fsp3) is 0.267. The number of hydrogen-bond acceptors (Lipinski definition) is 1. The Bertz CT molecular complexity index is 476. The molecule has 0 spiro atoms. The van der Waals surface area contributed by atoms with Crippen molar-refractivity contribution >= 4 is 0 Å². The van der Waals surface area contributed by atoms with Crippen LogP contribution in [0.25, 0.3) is 0 Å². The molecule has 0 aliphatic heterocycles. The molecular formula is C15H15N. The highest BCUT2D eigenvalue weighted by Gasteiger charge is 2.21. The van der Waals surface area contributed by atoms with Gasteiger partial charge >= 0.3 is 0 Å². The van der Waals surface area contributed by atoms with E-state index in [9.17, 15) is 0 Å². The molecule has 0 saturated carbocycles. The molecule has 3 rings (SSSR count). The van der Waals surface area contributed by atoms with Gasteiger partial charge in [-0.25, -0.2) is 0 Å². The first-order valence-corrected chi connectivity index (χ1v) is 5.94. The van der Waals surface area contributed by atoms with Gasteiger partial charge in [-0.3, -0.25) is 4.98 Å². The predicted octanol–water partition coefficient (Wildman–Crippen LogP) is 3.55. The van der Waals surface area contributed by atoms with Gasteiger partial charge in [-0.15, -0.1) is 0 Å². The van der Waals surface area contributed by atoms with Crippen molar-refractivity contribution in [1.82, 2.24) is 4.98 Å². The lowest BCUT2D eigenvalue weighted by molar-refractivity contribution is 0.603. The highest BCUT2D eigenvalue weighted by molar-refractivity contribution is 5.36. The van der Waals surface area contributed by atoms with Crippen LogP contribution in [-0.2, 0) is 6.42 Å². The molecule has 0 radical (unpaired) electrons. The molecule has 1 aliphatic rings. The van der Waals surface area contributed by atoms with Crippen LogP contribution in [0.15, 0.2) is 48.7 Å². The first kappa shape index (κ1) is 9.59. The van der Waals surface area contributed by atoms with E-state index in [0.29, 0.717) is 5.92 Å². The predicted molar refractivity (Wildman–Crippen MR) is 65.5 cm³/mol. The molecule has 1 heteroatoms. The Balaban J connectivity index is 2.05. The van der Waals surface area contributed by atoms with Crippen molar-refractivity contribution in [2.45, 2.75) is 25.2 Å². The maximum Gasteiger partial charge on any atom is 0.0441 e. The molecule has 1 nitrogen and oxygen atoms in total. The Kier molecular flexibility index (Phi) is 2.45. The van der Waals surface area contributed by atoms with E-state index in [1.54, 1.807) is 0 Å². The molecule has 80 valence electrons. The molecular weight excluding hydrogens is 194 g/mol. The van der Waals surface area contributed by atoms with Crippen LogP contribution in [0.3, 0.4) is 0 Å². The Morgan fingerprint density at radius 3 is 2.75 bits per heavy atom. The minimum atomic E-state index is 0.554. The summed E-state index contributed by atoms with van der Waals surface area (Å²) in [5, 5.41) is 0. The highest BCUT2D eigenvalue weighted by Crippen LogP contribution is 2.35. The summed E-state index contributed by atoms with van der Waals surface area (Å²) >= 11 is 0. The summed E-state index contributed by atoms with van der Waals surface area (Å²) in [5.41, 5.74) is 4.15. The van der Waals surface area contributed by atoms with E-state index in [4.69, 9.17) is 0 Å². The topological polar surface area (TPSA) is 12.9 Å². The molecule has 1 unspecified atom stereocenters. The number of fused-ring (bicyclic) bond motifs is 1. The Labute approximate surface area is 96.2 Å². The van der Waals surface area contributed by atoms with Gasteiger partial charge in [0.1, 0.15) is 0 Å². The van der Waals surface area contributed by atoms with Crippen molar-refractivity contribution in [1.29, 1.82) is 0 Å². The van der Waals surface area contributed by atoms with E-state index in [0.717, 1.165) is 6.42 Å². The first-order chi connectivity index (χ1) is 7.95. The van der Waals surface area contributed by atoms with Crippen molar-refractivity contribution < 1.29 is 0 Å². The van der Waals surface area contributed by atoms with Crippen LogP contribution in [0.2, 0.25) is 0 Å². The van der Waals surface area contributed by atoms with Crippen molar-refractivity contribution in [3.05, 3.63) is 65.5 Å². The molecule has 0 fully saturated rings. The third-order valence-corrected chi connectivity index (χ3v) is 3.41. The van der Waals surface area contributed by atoms with E-state index in [1.807, 2.05) is 6.20 Å². The van der Waals surface area contributed by atoms with Gasteiger partial charge in [-0.1, -0.05) is 36.4 Å². The maximum atomic E-state index is 4.50. The normalized spacial score (nSPS) is 19.1. The Hall–Kier alpha value is -1.63. The molecule has 1 aliphatic carbocycles. The van der Waals surface area contributed by atoms with Crippen LogP contribution in [0.1, 0.15) is 35.6 Å². The molecule has 1 aromatic heterocycles. The number of pyridine rings is 1. The van der Waals surface area contributed by atoms with E-state index in [-0.39, 0.29) is 0 Å². The molecule has 0 bridgehead atoms. The molecule has 1 atom stereocenters. The number of benzene rings is 1. The van der Waals surface area contributed by atoms with Crippen LogP contribution in [-0.4, -0.2) is 4.98 Å². The SMILES string of the molecule is c1ccc(C2CCCc3ncccc32)cc1. The van der Waals surface area contributed by atoms with Crippen LogP contribution in [0, 0.1) is 0 Å². The quantitative estimate of drug-likeness (QED) is 0.700. The maximum absolute atomic E-state index is 4.50. The number of rotatable bonds is 1. The van der Waals surface area contributed by atoms with Crippen LogP contribution in [0.4, 0.5) is 0 Å². The lowest BCUT2D eigenvalue weighted by Gasteiger charge is -2.24. The van der Waals surface area contributed by atoms with E-state index in [2.05, 4.69) is 47.4 Å². The van der Waals surface area contributed by atoms with Crippen molar-refractivity contribution in [3.63, 3.8) is 0 Å². The molecule has 0 saturated heterocycles. The van der Waals surface area contributed by atoms with Gasteiger partial charge in [0, 0.05) is 17.8 Å². The summed E-state index contributed by atoms with van der Waals surface area (Å²) in [7, 11) is 0. The van der Waals surface area contributed by atoms with Crippen molar-refractivity contribution in [3.8, 4) is 0 Å². The summed E-state index contributed by atoms with van der Waals surface area (Å²) in [6.45, 7) is 0. The minimum Gasteiger partial charge on any atom is -0.261 e. The number of nitrogens with zero attached hydrogens (tertiary/aromatic N) is 1. The van der Waals surface area contributed by atoms with Gasteiger partial charge < -0.3 is 0 Å². The summed E-state index contributed by atoms with van der Waals surface area (Å²) in [6.07, 6.45) is 5.55. The van der Waals surface area contributed by atoms with E-state index < -0.39 is 0 Å². The van der Waals surface area contributed by atoms with Crippen LogP contribution < -0.4 is 0 Å². The summed E-state index contributed by atoms with van der Waals surface area (Å²) in [5.74, 6) is 0.554. The number of hydrogen-bond donors (Lipinski definition) is 0. The van der Waals surface area contributed by atoms with Gasteiger partial charge in [0.2, 0.25) is 0 Å². The van der Waals surface area contributed by atoms with Crippen LogP contribution >= 0.6 is 0 Å². The lowest BCUT2D eigenvalue weighted by Crippen LogP contribution is -2.12. The van der Waals surface area contributed by atoms with Gasteiger partial charge in [-0.05, 0) is 36.5 Å². The van der Waals surface area contributed by atoms with Gasteiger partial charge in [0.25, 0.3) is 0 Å². The molecule has 1 heterocycles. The molecule has 2 aromatic rings. The summed E-state index contributed by atoms with van der Waals surface area (Å²) in [4.78, 5) is 4.50. The van der Waals surface area contributed by atoms with Crippen LogP contribution in [0.5, 0.6) is 0 Å². The summed E-state index contributed by atoms with van der Waals surface area (Å²) < 4.78 is 0. The molecule has 16 heavy (non-hydrogen) atoms. The first-order valence-electron chi connectivity index (χ1n) is 5.94. The smallest absolute Gasteiger partial charge is 0.0441 e. The zero-order chi connectivity index (χ0) is 10.8. The second kappa shape index (κ2) is 4.09. The Morgan fingerprint density at radius 2 is 1.88 bits per heavy atom. The number of aromatic nitrogens is 1. The van der Waals surface area contributed by atoms with Gasteiger partial charge in [0.05, 0.1) is 0 Å². The molecule has 0 amide bonds. The average Bonchev–Trinajstić information content (AvgIpc) is 2.39. The van der Waals surface area contributed by atoms with Crippen molar-refractivity contribution in [2.75, 3.05) is 0 Å². The second-order valence-corrected chi connectivity index (χ2v) is 4.39. The summed E-state index contributed by atoms with van der Waals surface area (Å²) in [6, 6.07) is 15.1. The fourth-order valence-corrected chi connectivity index (χ4v) is 2.64.